The van der Waals surface area contributed by atoms with Crippen molar-refractivity contribution in [1.82, 2.24) is 9.80 Å². The van der Waals surface area contributed by atoms with Crippen molar-refractivity contribution < 1.29 is 29.0 Å². The number of carbonyl (C=O) groups excluding carboxylic acids is 2. The molecule has 1 heterocycles. The fourth-order valence-corrected chi connectivity index (χ4v) is 5.09. The molecule has 1 saturated heterocycles. The van der Waals surface area contributed by atoms with Crippen LogP contribution >= 0.6 is 0 Å². The molecule has 0 bridgehead atoms. The quantitative estimate of drug-likeness (QED) is 0.344. The van der Waals surface area contributed by atoms with E-state index >= 15 is 0 Å². The van der Waals surface area contributed by atoms with Gasteiger partial charge in [0.05, 0.1) is 32.4 Å². The molecule has 1 fully saturated rings. The van der Waals surface area contributed by atoms with E-state index in [1.807, 2.05) is 50.2 Å². The van der Waals surface area contributed by atoms with Crippen LogP contribution in [0.5, 0.6) is 11.5 Å². The number of aryl methyl sites for hydroxylation is 1. The lowest BCUT2D eigenvalue weighted by atomic mass is 10.00. The molecule has 0 saturated carbocycles. The van der Waals surface area contributed by atoms with E-state index in [4.69, 9.17) is 9.47 Å². The Morgan fingerprint density at radius 1 is 0.951 bits per heavy atom. The number of methoxy groups -OCH3 is 2. The fourth-order valence-electron chi connectivity index (χ4n) is 5.09. The number of nitrogens with one attached hydrogen (secondary N) is 2. The van der Waals surface area contributed by atoms with Gasteiger partial charge in [-0.2, -0.15) is 0 Å². The number of nitrogens with zero attached hydrogens (tertiary/aromatic N) is 2. The Bertz CT molecular complexity index is 1440. The summed E-state index contributed by atoms with van der Waals surface area (Å²) >= 11 is 0. The summed E-state index contributed by atoms with van der Waals surface area (Å²) in [5.74, 6) is -0.442. The summed E-state index contributed by atoms with van der Waals surface area (Å²) in [6, 6.07) is 17.2. The van der Waals surface area contributed by atoms with Crippen LogP contribution in [0.2, 0.25) is 0 Å². The van der Waals surface area contributed by atoms with Gasteiger partial charge in [-0.1, -0.05) is 30.3 Å². The number of urea groups is 1. The average Bonchev–Trinajstić information content (AvgIpc) is 3.41. The van der Waals surface area contributed by atoms with Gasteiger partial charge in [-0.3, -0.25) is 4.79 Å². The molecule has 0 aliphatic carbocycles. The van der Waals surface area contributed by atoms with Crippen LogP contribution in [0.4, 0.5) is 16.2 Å². The minimum atomic E-state index is -1.07. The van der Waals surface area contributed by atoms with Crippen LogP contribution in [-0.2, 0) is 11.2 Å². The van der Waals surface area contributed by atoms with E-state index in [9.17, 15) is 19.5 Å². The van der Waals surface area contributed by atoms with Crippen LogP contribution in [0.3, 0.4) is 0 Å². The Morgan fingerprint density at radius 2 is 1.66 bits per heavy atom. The summed E-state index contributed by atoms with van der Waals surface area (Å²) in [5, 5.41) is 15.1. The highest BCUT2D eigenvalue weighted by Gasteiger charge is 2.37. The van der Waals surface area contributed by atoms with Crippen LogP contribution in [0, 0.1) is 6.92 Å². The first-order valence-corrected chi connectivity index (χ1v) is 13.3. The Morgan fingerprint density at radius 3 is 2.32 bits per heavy atom. The molecule has 10 nitrogen and oxygen atoms in total. The number of likely N-dealkylation sites (tertiary alicyclic amines) is 1. The molecule has 3 N–H and O–H groups in total. The molecule has 2 atom stereocenters. The third-order valence-electron chi connectivity index (χ3n) is 7.43. The lowest BCUT2D eigenvalue weighted by Crippen LogP contribution is -2.36. The van der Waals surface area contributed by atoms with Crippen LogP contribution in [0.1, 0.15) is 39.5 Å². The number of benzene rings is 3. The lowest BCUT2D eigenvalue weighted by Gasteiger charge is -2.26. The predicted molar refractivity (Wildman–Crippen MR) is 157 cm³/mol. The molecule has 1 aliphatic heterocycles. The molecule has 1 aliphatic rings. The standard InChI is InChI=1S/C31H36N4O6/c1-19-8-6-7-9-24(19)32-31(39)33-25-13-10-20(14-28(25)41-5)15-29(36)35-18-22(34(2)3)17-26(35)21-11-12-23(30(37)38)27(16-21)40-4/h6-14,16,22,26H,15,17-18H2,1-5H3,(H,37,38)(H2,32,33,39)/t22-,26+/m1/s1. The van der Waals surface area contributed by atoms with E-state index in [0.717, 1.165) is 16.7 Å². The maximum Gasteiger partial charge on any atom is 0.339 e. The van der Waals surface area contributed by atoms with Gasteiger partial charge in [-0.05, 0) is 74.5 Å². The van der Waals surface area contributed by atoms with Crippen molar-refractivity contribution >= 4 is 29.3 Å². The van der Waals surface area contributed by atoms with Crippen molar-refractivity contribution in [2.45, 2.75) is 31.8 Å². The summed E-state index contributed by atoms with van der Waals surface area (Å²) < 4.78 is 10.9. The zero-order valence-corrected chi connectivity index (χ0v) is 23.9. The second-order valence-corrected chi connectivity index (χ2v) is 10.3. The molecule has 3 aromatic rings. The minimum absolute atomic E-state index is 0.0688. The number of carboxylic acids is 1. The Hall–Kier alpha value is -4.57. The number of ether oxygens (including phenoxy) is 2. The number of carbonyl (C=O) groups is 3. The summed E-state index contributed by atoms with van der Waals surface area (Å²) in [6.07, 6.45) is 0.837. The number of likely N-dealkylation sites (N-methyl/N-ethyl adjacent to an activating group) is 1. The average molecular weight is 561 g/mol. The highest BCUT2D eigenvalue weighted by atomic mass is 16.5. The van der Waals surface area contributed by atoms with Crippen molar-refractivity contribution in [3.05, 3.63) is 82.9 Å². The van der Waals surface area contributed by atoms with Crippen LogP contribution < -0.4 is 20.1 Å². The third kappa shape index (κ3) is 6.78. The molecule has 10 heteroatoms. The minimum Gasteiger partial charge on any atom is -0.496 e. The first kappa shape index (κ1) is 29.4. The van der Waals surface area contributed by atoms with E-state index in [1.54, 1.807) is 30.3 Å². The molecule has 0 spiro atoms. The molecule has 0 radical (unpaired) electrons. The molecule has 3 aromatic carbocycles. The van der Waals surface area contributed by atoms with Crippen molar-refractivity contribution in [2.24, 2.45) is 0 Å². The first-order valence-electron chi connectivity index (χ1n) is 13.3. The van der Waals surface area contributed by atoms with Gasteiger partial charge in [0.2, 0.25) is 5.91 Å². The van der Waals surface area contributed by atoms with E-state index in [1.165, 1.54) is 20.3 Å². The molecule has 4 rings (SSSR count). The maximum atomic E-state index is 13.7. The topological polar surface area (TPSA) is 120 Å². The molecule has 0 aromatic heterocycles. The second-order valence-electron chi connectivity index (χ2n) is 10.3. The molecule has 3 amide bonds. The summed E-state index contributed by atoms with van der Waals surface area (Å²) in [7, 11) is 6.91. The number of hydrogen-bond donors (Lipinski definition) is 3. The lowest BCUT2D eigenvalue weighted by molar-refractivity contribution is -0.131. The Balaban J connectivity index is 1.51. The maximum absolute atomic E-state index is 13.7. The molecular weight excluding hydrogens is 524 g/mol. The monoisotopic (exact) mass is 560 g/mol. The van der Waals surface area contributed by atoms with E-state index in [2.05, 4.69) is 15.5 Å². The Labute approximate surface area is 239 Å². The number of carboxylic acid groups (broad SMARTS) is 1. The van der Waals surface area contributed by atoms with Crippen molar-refractivity contribution in [2.75, 3.05) is 45.5 Å². The van der Waals surface area contributed by atoms with Gasteiger partial charge in [0, 0.05) is 18.3 Å². The van der Waals surface area contributed by atoms with Crippen LogP contribution in [0.15, 0.2) is 60.7 Å². The largest absolute Gasteiger partial charge is 0.496 e. The summed E-state index contributed by atoms with van der Waals surface area (Å²) in [4.78, 5) is 41.8. The Kier molecular flexibility index (Phi) is 9.14. The van der Waals surface area contributed by atoms with E-state index in [-0.39, 0.29) is 35.7 Å². The van der Waals surface area contributed by atoms with E-state index < -0.39 is 12.0 Å². The molecule has 216 valence electrons. The molecular formula is C31H36N4O6. The van der Waals surface area contributed by atoms with Crippen LogP contribution in [0.25, 0.3) is 0 Å². The number of para-hydroxylation sites is 1. The number of anilines is 2. The third-order valence-corrected chi connectivity index (χ3v) is 7.43. The zero-order valence-electron chi connectivity index (χ0n) is 23.9. The van der Waals surface area contributed by atoms with E-state index in [0.29, 0.717) is 30.1 Å². The number of hydrogen-bond acceptors (Lipinski definition) is 6. The molecule has 41 heavy (non-hydrogen) atoms. The van der Waals surface area contributed by atoms with Gasteiger partial charge in [-0.15, -0.1) is 0 Å². The van der Waals surface area contributed by atoms with Crippen molar-refractivity contribution in [3.8, 4) is 11.5 Å². The van der Waals surface area contributed by atoms with Gasteiger partial charge >= 0.3 is 12.0 Å². The van der Waals surface area contributed by atoms with Crippen molar-refractivity contribution in [3.63, 3.8) is 0 Å². The van der Waals surface area contributed by atoms with Crippen molar-refractivity contribution in [1.29, 1.82) is 0 Å². The molecule has 0 unspecified atom stereocenters. The number of rotatable bonds is 9. The summed E-state index contributed by atoms with van der Waals surface area (Å²) in [5.41, 5.74) is 3.76. The van der Waals surface area contributed by atoms with Gasteiger partial charge in [0.15, 0.2) is 0 Å². The predicted octanol–water partition coefficient (Wildman–Crippen LogP) is 4.80. The smallest absolute Gasteiger partial charge is 0.339 e. The van der Waals surface area contributed by atoms with Crippen LogP contribution in [-0.4, -0.2) is 73.7 Å². The van der Waals surface area contributed by atoms with Gasteiger partial charge < -0.3 is 35.0 Å². The number of amides is 3. The highest BCUT2D eigenvalue weighted by Crippen LogP contribution is 2.37. The second kappa shape index (κ2) is 12.7. The highest BCUT2D eigenvalue weighted by molar-refractivity contribution is 6.01. The van der Waals surface area contributed by atoms with Gasteiger partial charge in [0.1, 0.15) is 17.1 Å². The zero-order chi connectivity index (χ0) is 29.7. The first-order chi connectivity index (χ1) is 19.6. The normalized spacial score (nSPS) is 16.4. The SMILES string of the molecule is COc1cc(CC(=O)N2C[C@H](N(C)C)C[C@H]2c2ccc(C(=O)O)c(OC)c2)ccc1NC(=O)Nc1ccccc1C. The van der Waals surface area contributed by atoms with Gasteiger partial charge in [-0.25, -0.2) is 9.59 Å². The fraction of sp³-hybridized carbons (Fsp3) is 0.323. The number of aromatic carboxylic acids is 1. The van der Waals surface area contributed by atoms with Gasteiger partial charge in [0.25, 0.3) is 0 Å². The summed E-state index contributed by atoms with van der Waals surface area (Å²) in [6.45, 7) is 2.45.